The number of nitrogens with zero attached hydrogens (tertiary/aromatic N) is 2. The molecule has 0 saturated carbocycles. The summed E-state index contributed by atoms with van der Waals surface area (Å²) in [4.78, 5) is 30.4. The van der Waals surface area contributed by atoms with E-state index in [2.05, 4.69) is 33.0 Å². The van der Waals surface area contributed by atoms with Gasteiger partial charge in [0, 0.05) is 35.6 Å². The van der Waals surface area contributed by atoms with Crippen LogP contribution in [0.3, 0.4) is 0 Å². The van der Waals surface area contributed by atoms with Gasteiger partial charge in [0.15, 0.2) is 0 Å². The molecule has 0 radical (unpaired) electrons. The molecule has 2 saturated heterocycles. The van der Waals surface area contributed by atoms with Crippen LogP contribution in [-0.2, 0) is 4.79 Å². The van der Waals surface area contributed by atoms with Crippen LogP contribution in [0.1, 0.15) is 60.5 Å². The van der Waals surface area contributed by atoms with Gasteiger partial charge in [0.05, 0.1) is 13.2 Å². The lowest BCUT2D eigenvalue weighted by Gasteiger charge is -2.37. The summed E-state index contributed by atoms with van der Waals surface area (Å²) in [5.41, 5.74) is 1.88. The van der Waals surface area contributed by atoms with Gasteiger partial charge in [0.1, 0.15) is 5.75 Å². The second kappa shape index (κ2) is 10.5. The molecule has 0 N–H and O–H groups in total. The largest absolute Gasteiger partial charge is 0.497 e. The van der Waals surface area contributed by atoms with Crippen molar-refractivity contribution < 1.29 is 14.3 Å². The lowest BCUT2D eigenvalue weighted by molar-refractivity contribution is -0.139. The van der Waals surface area contributed by atoms with Crippen LogP contribution < -0.4 is 4.74 Å². The highest BCUT2D eigenvalue weighted by Crippen LogP contribution is 2.34. The smallest absolute Gasteiger partial charge is 0.253 e. The fourth-order valence-electron chi connectivity index (χ4n) is 4.88. The van der Waals surface area contributed by atoms with E-state index in [1.165, 1.54) is 5.56 Å². The highest BCUT2D eigenvalue weighted by molar-refractivity contribution is 9.10. The number of carbonyl (C=O) groups excluding carboxylic acids is 2. The van der Waals surface area contributed by atoms with Crippen LogP contribution in [0.15, 0.2) is 53.0 Å². The van der Waals surface area contributed by atoms with E-state index in [1.807, 2.05) is 41.3 Å². The van der Waals surface area contributed by atoms with E-state index in [1.54, 1.807) is 7.11 Å². The summed E-state index contributed by atoms with van der Waals surface area (Å²) in [5, 5.41) is 0. The molecule has 4 rings (SSSR count). The maximum absolute atomic E-state index is 13.6. The molecule has 0 unspecified atom stereocenters. The molecule has 32 heavy (non-hydrogen) atoms. The van der Waals surface area contributed by atoms with E-state index in [0.29, 0.717) is 18.7 Å². The average molecular weight is 499 g/mol. The number of methoxy groups -OCH3 is 1. The molecule has 6 heteroatoms. The van der Waals surface area contributed by atoms with Gasteiger partial charge in [-0.15, -0.1) is 0 Å². The number of ether oxygens (including phenoxy) is 1. The third-order valence-electron chi connectivity index (χ3n) is 6.76. The molecule has 2 aromatic rings. The van der Waals surface area contributed by atoms with Crippen molar-refractivity contribution in [3.05, 3.63) is 64.1 Å². The molecular formula is C26H31BrN2O3. The molecule has 0 aliphatic carbocycles. The molecule has 2 aliphatic heterocycles. The molecule has 2 aromatic carbocycles. The van der Waals surface area contributed by atoms with E-state index >= 15 is 0 Å². The van der Waals surface area contributed by atoms with Gasteiger partial charge in [-0.05, 0) is 67.6 Å². The summed E-state index contributed by atoms with van der Waals surface area (Å²) in [7, 11) is 1.67. The minimum atomic E-state index is -0.0113. The van der Waals surface area contributed by atoms with Crippen LogP contribution in [0.4, 0.5) is 0 Å². The molecule has 2 aliphatic rings. The van der Waals surface area contributed by atoms with Crippen LogP contribution in [0.5, 0.6) is 5.75 Å². The lowest BCUT2D eigenvalue weighted by atomic mass is 9.92. The van der Waals surface area contributed by atoms with Gasteiger partial charge < -0.3 is 14.5 Å². The summed E-state index contributed by atoms with van der Waals surface area (Å²) in [6.07, 6.45) is 5.81. The molecule has 0 aromatic heterocycles. The molecule has 0 spiro atoms. The summed E-state index contributed by atoms with van der Waals surface area (Å²) in [6.45, 7) is 2.08. The average Bonchev–Trinajstić information content (AvgIpc) is 3.10. The monoisotopic (exact) mass is 498 g/mol. The molecule has 5 nitrogen and oxygen atoms in total. The minimum Gasteiger partial charge on any atom is -0.497 e. The number of halogens is 1. The van der Waals surface area contributed by atoms with Gasteiger partial charge in [-0.3, -0.25) is 9.59 Å². The minimum absolute atomic E-state index is 0.0113. The number of amides is 2. The van der Waals surface area contributed by atoms with Crippen LogP contribution in [0.25, 0.3) is 0 Å². The van der Waals surface area contributed by atoms with Crippen molar-refractivity contribution in [3.63, 3.8) is 0 Å². The molecular weight excluding hydrogens is 468 g/mol. The summed E-state index contributed by atoms with van der Waals surface area (Å²) >= 11 is 3.41. The van der Waals surface area contributed by atoms with Crippen LogP contribution in [0.2, 0.25) is 0 Å². The van der Waals surface area contributed by atoms with Crippen LogP contribution in [-0.4, -0.2) is 48.4 Å². The van der Waals surface area contributed by atoms with E-state index in [9.17, 15) is 9.59 Å². The standard InChI is InChI=1S/C26H31BrN2O3/c1-32-23-12-8-19(9-13-23)24-5-3-2-4-16-29(24)26(31)21-14-17-28(18-15-21)25(30)20-6-10-22(27)11-7-20/h6-13,21,24H,2-5,14-18H2,1H3/t24-/m0/s1. The molecule has 2 fully saturated rings. The van der Waals surface area contributed by atoms with Crippen molar-refractivity contribution in [2.24, 2.45) is 5.92 Å². The quantitative estimate of drug-likeness (QED) is 0.562. The van der Waals surface area contributed by atoms with Crippen molar-refractivity contribution in [1.82, 2.24) is 9.80 Å². The fourth-order valence-corrected chi connectivity index (χ4v) is 5.15. The first kappa shape index (κ1) is 22.8. The Bertz CT molecular complexity index is 921. The zero-order valence-electron chi connectivity index (χ0n) is 18.6. The first-order valence-corrected chi connectivity index (χ1v) is 12.4. The number of likely N-dealkylation sites (tertiary alicyclic amines) is 2. The van der Waals surface area contributed by atoms with Gasteiger partial charge >= 0.3 is 0 Å². The number of benzene rings is 2. The Kier molecular flexibility index (Phi) is 7.51. The number of piperidine rings is 1. The predicted octanol–water partition coefficient (Wildman–Crippen LogP) is 5.45. The third-order valence-corrected chi connectivity index (χ3v) is 7.29. The predicted molar refractivity (Wildman–Crippen MR) is 129 cm³/mol. The highest BCUT2D eigenvalue weighted by Gasteiger charge is 2.34. The van der Waals surface area contributed by atoms with Crippen molar-refractivity contribution in [2.45, 2.75) is 44.6 Å². The van der Waals surface area contributed by atoms with Gasteiger partial charge in [-0.1, -0.05) is 40.9 Å². The van der Waals surface area contributed by atoms with Gasteiger partial charge in [0.25, 0.3) is 5.91 Å². The topological polar surface area (TPSA) is 49.9 Å². The number of hydrogen-bond acceptors (Lipinski definition) is 3. The highest BCUT2D eigenvalue weighted by atomic mass is 79.9. The van der Waals surface area contributed by atoms with E-state index in [4.69, 9.17) is 4.74 Å². The maximum Gasteiger partial charge on any atom is 0.253 e. The zero-order chi connectivity index (χ0) is 22.5. The fraction of sp³-hybridized carbons (Fsp3) is 0.462. The van der Waals surface area contributed by atoms with Gasteiger partial charge in [-0.25, -0.2) is 0 Å². The van der Waals surface area contributed by atoms with Crippen molar-refractivity contribution >= 4 is 27.7 Å². The van der Waals surface area contributed by atoms with Crippen LogP contribution >= 0.6 is 15.9 Å². The lowest BCUT2D eigenvalue weighted by Crippen LogP contribution is -2.45. The SMILES string of the molecule is COc1ccc([C@@H]2CCCCCN2C(=O)C2CCN(C(=O)c3ccc(Br)cc3)CC2)cc1. The number of carbonyl (C=O) groups is 2. The van der Waals surface area contributed by atoms with Crippen molar-refractivity contribution in [2.75, 3.05) is 26.7 Å². The Hall–Kier alpha value is -2.34. The second-order valence-electron chi connectivity index (χ2n) is 8.74. The number of hydrogen-bond donors (Lipinski definition) is 0. The Morgan fingerprint density at radius 2 is 1.56 bits per heavy atom. The number of rotatable bonds is 4. The summed E-state index contributed by atoms with van der Waals surface area (Å²) in [6, 6.07) is 15.7. The summed E-state index contributed by atoms with van der Waals surface area (Å²) in [5.74, 6) is 1.13. The van der Waals surface area contributed by atoms with Crippen LogP contribution in [0, 0.1) is 5.92 Å². The van der Waals surface area contributed by atoms with Gasteiger partial charge in [0.2, 0.25) is 5.91 Å². The maximum atomic E-state index is 13.6. The van der Waals surface area contributed by atoms with E-state index < -0.39 is 0 Å². The molecule has 0 bridgehead atoms. The first-order valence-electron chi connectivity index (χ1n) is 11.6. The van der Waals surface area contributed by atoms with Gasteiger partial charge in [-0.2, -0.15) is 0 Å². The Morgan fingerprint density at radius 1 is 0.875 bits per heavy atom. The van der Waals surface area contributed by atoms with E-state index in [0.717, 1.165) is 55.3 Å². The van der Waals surface area contributed by atoms with E-state index in [-0.39, 0.29) is 23.8 Å². The first-order chi connectivity index (χ1) is 15.6. The molecule has 1 atom stereocenters. The Balaban J connectivity index is 1.42. The normalized spacial score (nSPS) is 20.0. The molecule has 170 valence electrons. The summed E-state index contributed by atoms with van der Waals surface area (Å²) < 4.78 is 6.26. The molecule has 2 amide bonds. The molecule has 2 heterocycles. The third kappa shape index (κ3) is 5.17. The van der Waals surface area contributed by atoms with Crippen molar-refractivity contribution in [3.8, 4) is 5.75 Å². The Morgan fingerprint density at radius 3 is 2.22 bits per heavy atom. The zero-order valence-corrected chi connectivity index (χ0v) is 20.2. The second-order valence-corrected chi connectivity index (χ2v) is 9.66. The Labute approximate surface area is 198 Å². The van der Waals surface area contributed by atoms with Crippen molar-refractivity contribution in [1.29, 1.82) is 0 Å².